The van der Waals surface area contributed by atoms with E-state index >= 15 is 0 Å². The monoisotopic (exact) mass is 446 g/mol. The maximum Gasteiger partial charge on any atom is 0.262 e. The van der Waals surface area contributed by atoms with Crippen LogP contribution in [-0.2, 0) is 19.6 Å². The Bertz CT molecular complexity index is 1040. The fraction of sp³-hybridized carbons (Fsp3) is 0.435. The van der Waals surface area contributed by atoms with Crippen LogP contribution in [0.15, 0.2) is 41.3 Å². The van der Waals surface area contributed by atoms with Crippen molar-refractivity contribution in [3.8, 4) is 5.75 Å². The lowest BCUT2D eigenvalue weighted by Gasteiger charge is -2.26. The zero-order valence-electron chi connectivity index (χ0n) is 18.5. The van der Waals surface area contributed by atoms with Crippen molar-refractivity contribution < 1.29 is 22.7 Å². The molecule has 8 heteroatoms. The summed E-state index contributed by atoms with van der Waals surface area (Å²) in [6.45, 7) is 9.10. The van der Waals surface area contributed by atoms with E-state index < -0.39 is 10.0 Å². The maximum absolute atomic E-state index is 13.0. The molecule has 168 valence electrons. The Morgan fingerprint density at radius 2 is 1.77 bits per heavy atom. The fourth-order valence-electron chi connectivity index (χ4n) is 3.35. The van der Waals surface area contributed by atoms with E-state index in [-0.39, 0.29) is 17.4 Å². The SMILES string of the molecule is Cc1ccc(C(C)C)cc1OCC(=O)Nc1ccc(C)c(S(=O)(=O)N2CCOCC2)c1. The second-order valence-electron chi connectivity index (χ2n) is 8.01. The molecule has 0 radical (unpaired) electrons. The van der Waals surface area contributed by atoms with Crippen LogP contribution in [0.2, 0.25) is 0 Å². The van der Waals surface area contributed by atoms with Gasteiger partial charge in [0.1, 0.15) is 5.75 Å². The van der Waals surface area contributed by atoms with E-state index in [1.165, 1.54) is 10.4 Å². The molecule has 0 aromatic heterocycles. The van der Waals surface area contributed by atoms with Crippen LogP contribution >= 0.6 is 0 Å². The molecular formula is C23H30N2O5S. The first kappa shape index (κ1) is 23.2. The van der Waals surface area contributed by atoms with Gasteiger partial charge in [0.25, 0.3) is 5.91 Å². The molecule has 2 aromatic rings. The van der Waals surface area contributed by atoms with E-state index in [0.717, 1.165) is 11.1 Å². The van der Waals surface area contributed by atoms with Crippen LogP contribution in [-0.4, -0.2) is 51.5 Å². The molecule has 7 nitrogen and oxygen atoms in total. The number of sulfonamides is 1. The molecule has 1 N–H and O–H groups in total. The van der Waals surface area contributed by atoms with Crippen molar-refractivity contribution in [3.05, 3.63) is 53.1 Å². The average Bonchev–Trinajstić information content (AvgIpc) is 2.75. The lowest BCUT2D eigenvalue weighted by Crippen LogP contribution is -2.40. The predicted molar refractivity (Wildman–Crippen MR) is 120 cm³/mol. The van der Waals surface area contributed by atoms with Gasteiger partial charge in [-0.2, -0.15) is 4.31 Å². The van der Waals surface area contributed by atoms with E-state index in [0.29, 0.717) is 49.2 Å². The summed E-state index contributed by atoms with van der Waals surface area (Å²) in [5, 5.41) is 2.74. The minimum atomic E-state index is -3.65. The van der Waals surface area contributed by atoms with Gasteiger partial charge in [0, 0.05) is 18.8 Å². The first-order valence-corrected chi connectivity index (χ1v) is 11.8. The maximum atomic E-state index is 13.0. The number of anilines is 1. The third-order valence-electron chi connectivity index (χ3n) is 5.30. The molecule has 1 aliphatic rings. The zero-order valence-corrected chi connectivity index (χ0v) is 19.3. The topological polar surface area (TPSA) is 84.9 Å². The Hall–Kier alpha value is -2.42. The van der Waals surface area contributed by atoms with E-state index in [4.69, 9.17) is 9.47 Å². The quantitative estimate of drug-likeness (QED) is 0.704. The Kier molecular flexibility index (Phi) is 7.35. The summed E-state index contributed by atoms with van der Waals surface area (Å²) in [5.41, 5.74) is 3.13. The number of benzene rings is 2. The van der Waals surface area contributed by atoms with Crippen molar-refractivity contribution in [3.63, 3.8) is 0 Å². The van der Waals surface area contributed by atoms with Gasteiger partial charge in [0.05, 0.1) is 18.1 Å². The van der Waals surface area contributed by atoms with Crippen molar-refractivity contribution in [2.75, 3.05) is 38.2 Å². The fourth-order valence-corrected chi connectivity index (χ4v) is 5.01. The van der Waals surface area contributed by atoms with Gasteiger partial charge in [-0.25, -0.2) is 8.42 Å². The molecule has 0 saturated carbocycles. The largest absolute Gasteiger partial charge is 0.483 e. The minimum Gasteiger partial charge on any atom is -0.483 e. The number of nitrogens with one attached hydrogen (secondary N) is 1. The highest BCUT2D eigenvalue weighted by Gasteiger charge is 2.28. The van der Waals surface area contributed by atoms with Gasteiger partial charge < -0.3 is 14.8 Å². The number of hydrogen-bond acceptors (Lipinski definition) is 5. The highest BCUT2D eigenvalue weighted by atomic mass is 32.2. The first-order valence-electron chi connectivity index (χ1n) is 10.4. The van der Waals surface area contributed by atoms with Gasteiger partial charge in [-0.3, -0.25) is 4.79 Å². The molecule has 1 aliphatic heterocycles. The summed E-state index contributed by atoms with van der Waals surface area (Å²) >= 11 is 0. The number of hydrogen-bond donors (Lipinski definition) is 1. The van der Waals surface area contributed by atoms with Crippen LogP contribution in [0.3, 0.4) is 0 Å². The minimum absolute atomic E-state index is 0.165. The summed E-state index contributed by atoms with van der Waals surface area (Å²) in [6, 6.07) is 10.9. The molecule has 0 atom stereocenters. The molecule has 1 saturated heterocycles. The molecule has 0 bridgehead atoms. The van der Waals surface area contributed by atoms with Crippen molar-refractivity contribution >= 4 is 21.6 Å². The first-order chi connectivity index (χ1) is 14.7. The van der Waals surface area contributed by atoms with Crippen LogP contribution in [0.25, 0.3) is 0 Å². The van der Waals surface area contributed by atoms with E-state index in [1.54, 1.807) is 19.1 Å². The van der Waals surface area contributed by atoms with Crippen LogP contribution in [0.5, 0.6) is 5.75 Å². The summed E-state index contributed by atoms with van der Waals surface area (Å²) in [5.74, 6) is 0.671. The van der Waals surface area contributed by atoms with E-state index in [1.807, 2.05) is 19.1 Å². The Balaban J connectivity index is 1.70. The van der Waals surface area contributed by atoms with Crippen LogP contribution in [0.1, 0.15) is 36.5 Å². The number of aryl methyl sites for hydroxylation is 2. The highest BCUT2D eigenvalue weighted by molar-refractivity contribution is 7.89. The second kappa shape index (κ2) is 9.80. The summed E-state index contributed by atoms with van der Waals surface area (Å²) < 4.78 is 38.4. The number of rotatable bonds is 7. The lowest BCUT2D eigenvalue weighted by molar-refractivity contribution is -0.118. The van der Waals surface area contributed by atoms with E-state index in [2.05, 4.69) is 25.2 Å². The van der Waals surface area contributed by atoms with Gasteiger partial charge in [-0.05, 0) is 54.7 Å². The number of nitrogens with zero attached hydrogens (tertiary/aromatic N) is 1. The van der Waals surface area contributed by atoms with Gasteiger partial charge >= 0.3 is 0 Å². The molecule has 31 heavy (non-hydrogen) atoms. The third-order valence-corrected chi connectivity index (χ3v) is 7.34. The number of carbonyl (C=O) groups excluding carboxylic acids is 1. The predicted octanol–water partition coefficient (Wildman–Crippen LogP) is 3.47. The number of carbonyl (C=O) groups is 1. The Morgan fingerprint density at radius 1 is 1.10 bits per heavy atom. The Morgan fingerprint density at radius 3 is 2.45 bits per heavy atom. The van der Waals surface area contributed by atoms with Crippen molar-refractivity contribution in [2.24, 2.45) is 0 Å². The standard InChI is InChI=1S/C23H30N2O5S/c1-16(2)19-7-5-17(3)21(13-19)30-15-23(26)24-20-8-6-18(4)22(14-20)31(27,28)25-9-11-29-12-10-25/h5-8,13-14,16H,9-12,15H2,1-4H3,(H,24,26). The molecular weight excluding hydrogens is 416 g/mol. The highest BCUT2D eigenvalue weighted by Crippen LogP contribution is 2.26. The molecule has 1 heterocycles. The molecule has 2 aromatic carbocycles. The average molecular weight is 447 g/mol. The van der Waals surface area contributed by atoms with Gasteiger partial charge in [0.2, 0.25) is 10.0 Å². The second-order valence-corrected chi connectivity index (χ2v) is 9.92. The normalized spacial score (nSPS) is 15.1. The van der Waals surface area contributed by atoms with Gasteiger partial charge in [0.15, 0.2) is 6.61 Å². The molecule has 1 amide bonds. The molecule has 3 rings (SSSR count). The third kappa shape index (κ3) is 5.64. The van der Waals surface area contributed by atoms with Crippen LogP contribution < -0.4 is 10.1 Å². The Labute approximate surface area is 184 Å². The van der Waals surface area contributed by atoms with Crippen molar-refractivity contribution in [1.29, 1.82) is 0 Å². The van der Waals surface area contributed by atoms with Crippen LogP contribution in [0.4, 0.5) is 5.69 Å². The molecule has 0 unspecified atom stereocenters. The van der Waals surface area contributed by atoms with Gasteiger partial charge in [-0.15, -0.1) is 0 Å². The van der Waals surface area contributed by atoms with Crippen molar-refractivity contribution in [2.45, 2.75) is 38.5 Å². The van der Waals surface area contributed by atoms with Gasteiger partial charge in [-0.1, -0.05) is 32.0 Å². The lowest BCUT2D eigenvalue weighted by atomic mass is 10.0. The zero-order chi connectivity index (χ0) is 22.6. The summed E-state index contributed by atoms with van der Waals surface area (Å²) in [4.78, 5) is 12.6. The molecule has 0 aliphatic carbocycles. The number of amides is 1. The van der Waals surface area contributed by atoms with E-state index in [9.17, 15) is 13.2 Å². The number of morpholine rings is 1. The smallest absolute Gasteiger partial charge is 0.262 e. The van der Waals surface area contributed by atoms with Crippen molar-refractivity contribution in [1.82, 2.24) is 4.31 Å². The summed E-state index contributed by atoms with van der Waals surface area (Å²) in [6.07, 6.45) is 0. The number of ether oxygens (including phenoxy) is 2. The van der Waals surface area contributed by atoms with Crippen LogP contribution in [0, 0.1) is 13.8 Å². The molecule has 1 fully saturated rings. The summed E-state index contributed by atoms with van der Waals surface area (Å²) in [7, 11) is -3.65. The molecule has 0 spiro atoms.